The number of methoxy groups -OCH3 is 1. The SMILES string of the molecule is COc1ccccc1OCC(=O)N(C(C)C)C(C)C. The summed E-state index contributed by atoms with van der Waals surface area (Å²) in [5.41, 5.74) is 0. The number of benzene rings is 1. The Morgan fingerprint density at radius 2 is 1.63 bits per heavy atom. The van der Waals surface area contributed by atoms with E-state index in [1.165, 1.54) is 0 Å². The lowest BCUT2D eigenvalue weighted by Crippen LogP contribution is -2.44. The molecule has 0 unspecified atom stereocenters. The van der Waals surface area contributed by atoms with Crippen molar-refractivity contribution in [2.45, 2.75) is 39.8 Å². The molecule has 1 rings (SSSR count). The van der Waals surface area contributed by atoms with Crippen molar-refractivity contribution < 1.29 is 14.3 Å². The highest BCUT2D eigenvalue weighted by Crippen LogP contribution is 2.25. The Balaban J connectivity index is 2.68. The summed E-state index contributed by atoms with van der Waals surface area (Å²) in [5, 5.41) is 0. The molecule has 0 N–H and O–H groups in total. The summed E-state index contributed by atoms with van der Waals surface area (Å²) in [5.74, 6) is 1.21. The molecule has 0 saturated heterocycles. The Labute approximate surface area is 115 Å². The van der Waals surface area contributed by atoms with Crippen molar-refractivity contribution >= 4 is 5.91 Å². The van der Waals surface area contributed by atoms with Crippen LogP contribution in [0.2, 0.25) is 0 Å². The number of rotatable bonds is 6. The maximum absolute atomic E-state index is 12.2. The molecule has 1 amide bonds. The lowest BCUT2D eigenvalue weighted by molar-refractivity contribution is -0.137. The van der Waals surface area contributed by atoms with Crippen LogP contribution in [0.5, 0.6) is 11.5 Å². The quantitative estimate of drug-likeness (QED) is 0.794. The van der Waals surface area contributed by atoms with Gasteiger partial charge in [-0.25, -0.2) is 0 Å². The van der Waals surface area contributed by atoms with Crippen LogP contribution < -0.4 is 9.47 Å². The lowest BCUT2D eigenvalue weighted by atomic mass is 10.2. The van der Waals surface area contributed by atoms with Crippen molar-refractivity contribution in [1.29, 1.82) is 0 Å². The van der Waals surface area contributed by atoms with Crippen molar-refractivity contribution in [3.05, 3.63) is 24.3 Å². The van der Waals surface area contributed by atoms with Gasteiger partial charge in [0.15, 0.2) is 18.1 Å². The van der Waals surface area contributed by atoms with Crippen LogP contribution in [0, 0.1) is 0 Å². The highest BCUT2D eigenvalue weighted by atomic mass is 16.5. The molecule has 0 saturated carbocycles. The normalized spacial score (nSPS) is 10.7. The van der Waals surface area contributed by atoms with Gasteiger partial charge in [-0.1, -0.05) is 12.1 Å². The Morgan fingerprint density at radius 1 is 1.11 bits per heavy atom. The third-order valence-corrected chi connectivity index (χ3v) is 2.82. The first-order valence-electron chi connectivity index (χ1n) is 6.54. The number of hydrogen-bond acceptors (Lipinski definition) is 3. The van der Waals surface area contributed by atoms with Crippen molar-refractivity contribution in [1.82, 2.24) is 4.90 Å². The number of amides is 1. The molecule has 0 aliphatic heterocycles. The van der Waals surface area contributed by atoms with Crippen LogP contribution in [-0.2, 0) is 4.79 Å². The molecule has 0 spiro atoms. The third-order valence-electron chi connectivity index (χ3n) is 2.82. The fourth-order valence-electron chi connectivity index (χ4n) is 2.12. The van der Waals surface area contributed by atoms with Crippen LogP contribution in [0.1, 0.15) is 27.7 Å². The van der Waals surface area contributed by atoms with E-state index in [4.69, 9.17) is 9.47 Å². The summed E-state index contributed by atoms with van der Waals surface area (Å²) in [6, 6.07) is 7.64. The fraction of sp³-hybridized carbons (Fsp3) is 0.533. The minimum Gasteiger partial charge on any atom is -0.493 e. The van der Waals surface area contributed by atoms with E-state index in [0.717, 1.165) is 0 Å². The minimum atomic E-state index is -0.0177. The average molecular weight is 265 g/mol. The molecule has 106 valence electrons. The van der Waals surface area contributed by atoms with Gasteiger partial charge in [0.25, 0.3) is 5.91 Å². The molecule has 1 aromatic carbocycles. The van der Waals surface area contributed by atoms with Crippen molar-refractivity contribution in [3.63, 3.8) is 0 Å². The Bertz CT molecular complexity index is 408. The predicted molar refractivity (Wildman–Crippen MR) is 75.6 cm³/mol. The second kappa shape index (κ2) is 7.02. The molecule has 19 heavy (non-hydrogen) atoms. The second-order valence-electron chi connectivity index (χ2n) is 4.93. The van der Waals surface area contributed by atoms with E-state index >= 15 is 0 Å². The molecule has 0 heterocycles. The first-order chi connectivity index (χ1) is 8.97. The Morgan fingerprint density at radius 3 is 2.11 bits per heavy atom. The van der Waals surface area contributed by atoms with E-state index in [2.05, 4.69) is 0 Å². The zero-order chi connectivity index (χ0) is 14.4. The number of hydrogen-bond donors (Lipinski definition) is 0. The van der Waals surface area contributed by atoms with Crippen molar-refractivity contribution in [3.8, 4) is 11.5 Å². The number of carbonyl (C=O) groups excluding carboxylic acids is 1. The molecule has 0 bridgehead atoms. The summed E-state index contributed by atoms with van der Waals surface area (Å²) < 4.78 is 10.7. The zero-order valence-electron chi connectivity index (χ0n) is 12.3. The van der Waals surface area contributed by atoms with Crippen LogP contribution in [0.15, 0.2) is 24.3 Å². The lowest BCUT2D eigenvalue weighted by Gasteiger charge is -2.30. The van der Waals surface area contributed by atoms with E-state index in [0.29, 0.717) is 11.5 Å². The summed E-state index contributed by atoms with van der Waals surface area (Å²) in [6.07, 6.45) is 0. The Kier molecular flexibility index (Phi) is 5.67. The molecule has 4 nitrogen and oxygen atoms in total. The van der Waals surface area contributed by atoms with E-state index < -0.39 is 0 Å². The molecule has 0 fully saturated rings. The Hall–Kier alpha value is -1.71. The highest BCUT2D eigenvalue weighted by molar-refractivity contribution is 5.78. The van der Waals surface area contributed by atoms with Gasteiger partial charge in [-0.3, -0.25) is 4.79 Å². The smallest absolute Gasteiger partial charge is 0.260 e. The van der Waals surface area contributed by atoms with Gasteiger partial charge in [0.2, 0.25) is 0 Å². The molecule has 4 heteroatoms. The van der Waals surface area contributed by atoms with Crippen LogP contribution in [0.25, 0.3) is 0 Å². The van der Waals surface area contributed by atoms with E-state index in [1.807, 2.05) is 50.8 Å². The van der Waals surface area contributed by atoms with Gasteiger partial charge in [0.05, 0.1) is 7.11 Å². The van der Waals surface area contributed by atoms with Gasteiger partial charge in [0.1, 0.15) is 0 Å². The predicted octanol–water partition coefficient (Wildman–Crippen LogP) is 2.72. The molecular weight excluding hydrogens is 242 g/mol. The van der Waals surface area contributed by atoms with E-state index in [-0.39, 0.29) is 24.6 Å². The molecule has 0 aromatic heterocycles. The second-order valence-corrected chi connectivity index (χ2v) is 4.93. The van der Waals surface area contributed by atoms with E-state index in [9.17, 15) is 4.79 Å². The number of nitrogens with zero attached hydrogens (tertiary/aromatic N) is 1. The van der Waals surface area contributed by atoms with Gasteiger partial charge < -0.3 is 14.4 Å². The molecule has 0 aliphatic carbocycles. The van der Waals surface area contributed by atoms with Crippen LogP contribution in [0.4, 0.5) is 0 Å². The topological polar surface area (TPSA) is 38.8 Å². The van der Waals surface area contributed by atoms with E-state index in [1.54, 1.807) is 13.2 Å². The minimum absolute atomic E-state index is 0.0177. The number of carbonyl (C=O) groups is 1. The number of ether oxygens (including phenoxy) is 2. The number of para-hydroxylation sites is 2. The summed E-state index contributed by atoms with van der Waals surface area (Å²) in [7, 11) is 1.58. The molecular formula is C15H23NO3. The summed E-state index contributed by atoms with van der Waals surface area (Å²) in [6.45, 7) is 8.03. The van der Waals surface area contributed by atoms with Crippen LogP contribution >= 0.6 is 0 Å². The molecule has 1 aromatic rings. The van der Waals surface area contributed by atoms with Gasteiger partial charge >= 0.3 is 0 Å². The van der Waals surface area contributed by atoms with Gasteiger partial charge in [-0.2, -0.15) is 0 Å². The van der Waals surface area contributed by atoms with Gasteiger partial charge in [-0.05, 0) is 39.8 Å². The third kappa shape index (κ3) is 4.16. The van der Waals surface area contributed by atoms with Crippen LogP contribution in [0.3, 0.4) is 0 Å². The van der Waals surface area contributed by atoms with Crippen molar-refractivity contribution in [2.75, 3.05) is 13.7 Å². The zero-order valence-corrected chi connectivity index (χ0v) is 12.3. The average Bonchev–Trinajstić information content (AvgIpc) is 2.35. The summed E-state index contributed by atoms with van der Waals surface area (Å²) >= 11 is 0. The highest BCUT2D eigenvalue weighted by Gasteiger charge is 2.20. The summed E-state index contributed by atoms with van der Waals surface area (Å²) in [4.78, 5) is 14.0. The first-order valence-corrected chi connectivity index (χ1v) is 6.54. The molecule has 0 aliphatic rings. The molecule has 0 radical (unpaired) electrons. The monoisotopic (exact) mass is 265 g/mol. The van der Waals surface area contributed by atoms with Crippen molar-refractivity contribution in [2.24, 2.45) is 0 Å². The fourth-order valence-corrected chi connectivity index (χ4v) is 2.12. The van der Waals surface area contributed by atoms with Gasteiger partial charge in [-0.15, -0.1) is 0 Å². The standard InChI is InChI=1S/C15H23NO3/c1-11(2)16(12(3)4)15(17)10-19-14-9-7-6-8-13(14)18-5/h6-9,11-12H,10H2,1-5H3. The first kappa shape index (κ1) is 15.3. The van der Waals surface area contributed by atoms with Gasteiger partial charge in [0, 0.05) is 12.1 Å². The maximum atomic E-state index is 12.2. The van der Waals surface area contributed by atoms with Crippen LogP contribution in [-0.4, -0.2) is 36.6 Å². The largest absolute Gasteiger partial charge is 0.493 e. The molecule has 0 atom stereocenters. The maximum Gasteiger partial charge on any atom is 0.260 e.